The molecule has 1 saturated heterocycles. The van der Waals surface area contributed by atoms with Gasteiger partial charge in [0.25, 0.3) is 11.8 Å². The summed E-state index contributed by atoms with van der Waals surface area (Å²) in [4.78, 5) is 24.4. The monoisotopic (exact) mass is 409 g/mol. The Morgan fingerprint density at radius 2 is 1.86 bits per heavy atom. The molecule has 1 fully saturated rings. The van der Waals surface area contributed by atoms with Gasteiger partial charge in [-0.3, -0.25) is 14.9 Å². The van der Waals surface area contributed by atoms with E-state index in [9.17, 15) is 18.4 Å². The molecule has 2 unspecified atom stereocenters. The third-order valence-corrected chi connectivity index (χ3v) is 4.47. The van der Waals surface area contributed by atoms with Crippen molar-refractivity contribution >= 4 is 29.9 Å². The molecule has 0 radical (unpaired) electrons. The predicted molar refractivity (Wildman–Crippen MR) is 106 cm³/mol. The standard InChI is InChI=1S/C20H21F2N3O2.ClH/c1-13(24-19(27)17-11-20(21,22)12-23-17)15-8-5-9-16(10-15)25-18(26)14-6-3-2-4-7-14;/h2-10,13,17,23H,11-12H2,1H3,(H,24,27)(H,25,26);1H. The van der Waals surface area contributed by atoms with Gasteiger partial charge in [0.15, 0.2) is 0 Å². The fraction of sp³-hybridized carbons (Fsp3) is 0.300. The summed E-state index contributed by atoms with van der Waals surface area (Å²) in [5, 5.41) is 8.09. The van der Waals surface area contributed by atoms with Crippen molar-refractivity contribution in [3.8, 4) is 0 Å². The highest BCUT2D eigenvalue weighted by molar-refractivity contribution is 6.04. The fourth-order valence-corrected chi connectivity index (χ4v) is 2.98. The number of hydrogen-bond acceptors (Lipinski definition) is 3. The molecule has 1 heterocycles. The Bertz CT molecular complexity index is 833. The lowest BCUT2D eigenvalue weighted by molar-refractivity contribution is -0.124. The quantitative estimate of drug-likeness (QED) is 0.707. The Hall–Kier alpha value is -2.51. The van der Waals surface area contributed by atoms with E-state index in [1.165, 1.54) is 0 Å². The van der Waals surface area contributed by atoms with Crippen LogP contribution in [0.25, 0.3) is 0 Å². The minimum absolute atomic E-state index is 0. The molecule has 0 aliphatic carbocycles. The van der Waals surface area contributed by atoms with Crippen LogP contribution in [0.1, 0.15) is 35.3 Å². The highest BCUT2D eigenvalue weighted by atomic mass is 35.5. The second-order valence-electron chi connectivity index (χ2n) is 6.67. The van der Waals surface area contributed by atoms with Crippen molar-refractivity contribution in [1.82, 2.24) is 10.6 Å². The van der Waals surface area contributed by atoms with E-state index in [-0.39, 0.29) is 24.4 Å². The number of carbonyl (C=O) groups excluding carboxylic acids is 2. The first kappa shape index (κ1) is 21.8. The molecule has 2 amide bonds. The topological polar surface area (TPSA) is 70.2 Å². The second-order valence-corrected chi connectivity index (χ2v) is 6.67. The van der Waals surface area contributed by atoms with Gasteiger partial charge in [0.2, 0.25) is 5.91 Å². The Balaban J connectivity index is 0.00000280. The average Bonchev–Trinajstić information content (AvgIpc) is 3.02. The highest BCUT2D eigenvalue weighted by Crippen LogP contribution is 2.26. The SMILES string of the molecule is CC(NC(=O)C1CC(F)(F)CN1)c1cccc(NC(=O)c2ccccc2)c1.Cl. The van der Waals surface area contributed by atoms with Crippen LogP contribution in [0.4, 0.5) is 14.5 Å². The maximum absolute atomic E-state index is 13.2. The van der Waals surface area contributed by atoms with Crippen LogP contribution in [0.3, 0.4) is 0 Å². The second kappa shape index (κ2) is 9.12. The Morgan fingerprint density at radius 1 is 1.14 bits per heavy atom. The molecule has 2 aromatic rings. The van der Waals surface area contributed by atoms with Crippen molar-refractivity contribution in [2.75, 3.05) is 11.9 Å². The molecule has 1 aliphatic heterocycles. The van der Waals surface area contributed by atoms with E-state index in [2.05, 4.69) is 16.0 Å². The fourth-order valence-electron chi connectivity index (χ4n) is 2.98. The number of anilines is 1. The van der Waals surface area contributed by atoms with Gasteiger partial charge in [0.1, 0.15) is 0 Å². The van der Waals surface area contributed by atoms with Gasteiger partial charge in [-0.05, 0) is 36.8 Å². The van der Waals surface area contributed by atoms with E-state index in [1.807, 2.05) is 6.07 Å². The number of carbonyl (C=O) groups is 2. The maximum Gasteiger partial charge on any atom is 0.262 e. The molecule has 8 heteroatoms. The van der Waals surface area contributed by atoms with Crippen LogP contribution in [0.5, 0.6) is 0 Å². The number of alkyl halides is 2. The van der Waals surface area contributed by atoms with E-state index in [0.717, 1.165) is 5.56 Å². The van der Waals surface area contributed by atoms with Crippen LogP contribution in [0.15, 0.2) is 54.6 Å². The number of amides is 2. The predicted octanol–water partition coefficient (Wildman–Crippen LogP) is 3.54. The van der Waals surface area contributed by atoms with Crippen LogP contribution in [-0.4, -0.2) is 30.3 Å². The molecule has 0 saturated carbocycles. The molecular formula is C20H22ClF2N3O2. The average molecular weight is 410 g/mol. The third kappa shape index (κ3) is 5.50. The summed E-state index contributed by atoms with van der Waals surface area (Å²) in [5.41, 5.74) is 1.89. The zero-order chi connectivity index (χ0) is 19.4. The summed E-state index contributed by atoms with van der Waals surface area (Å²) < 4.78 is 26.5. The van der Waals surface area contributed by atoms with E-state index < -0.39 is 30.8 Å². The van der Waals surface area contributed by atoms with Crippen LogP contribution in [-0.2, 0) is 4.79 Å². The normalized spacial score (nSPS) is 18.6. The van der Waals surface area contributed by atoms with Crippen molar-refractivity contribution in [3.63, 3.8) is 0 Å². The molecule has 3 rings (SSSR count). The number of benzene rings is 2. The summed E-state index contributed by atoms with van der Waals surface area (Å²) in [6.07, 6.45) is -0.501. The zero-order valence-electron chi connectivity index (χ0n) is 15.2. The summed E-state index contributed by atoms with van der Waals surface area (Å²) in [5.74, 6) is -3.55. The van der Waals surface area contributed by atoms with Gasteiger partial charge in [0, 0.05) is 17.7 Å². The molecule has 0 spiro atoms. The third-order valence-electron chi connectivity index (χ3n) is 4.47. The Morgan fingerprint density at radius 3 is 2.50 bits per heavy atom. The molecule has 28 heavy (non-hydrogen) atoms. The van der Waals surface area contributed by atoms with Gasteiger partial charge >= 0.3 is 0 Å². The Kier molecular flexibility index (Phi) is 7.10. The lowest BCUT2D eigenvalue weighted by Crippen LogP contribution is -2.41. The van der Waals surface area contributed by atoms with Gasteiger partial charge in [-0.1, -0.05) is 30.3 Å². The van der Waals surface area contributed by atoms with E-state index >= 15 is 0 Å². The van der Waals surface area contributed by atoms with Gasteiger partial charge in [-0.15, -0.1) is 12.4 Å². The molecule has 5 nitrogen and oxygen atoms in total. The summed E-state index contributed by atoms with van der Waals surface area (Å²) in [6.45, 7) is 1.28. The summed E-state index contributed by atoms with van der Waals surface area (Å²) >= 11 is 0. The molecule has 1 aliphatic rings. The number of hydrogen-bond donors (Lipinski definition) is 3. The van der Waals surface area contributed by atoms with Crippen molar-refractivity contribution in [3.05, 3.63) is 65.7 Å². The van der Waals surface area contributed by atoms with Gasteiger partial charge in [-0.2, -0.15) is 0 Å². The first-order chi connectivity index (χ1) is 12.8. The van der Waals surface area contributed by atoms with Crippen LogP contribution < -0.4 is 16.0 Å². The molecule has 0 aromatic heterocycles. The van der Waals surface area contributed by atoms with Crippen LogP contribution >= 0.6 is 12.4 Å². The van der Waals surface area contributed by atoms with Gasteiger partial charge < -0.3 is 10.6 Å². The first-order valence-corrected chi connectivity index (χ1v) is 8.72. The zero-order valence-corrected chi connectivity index (χ0v) is 16.1. The number of nitrogens with one attached hydrogen (secondary N) is 3. The number of halogens is 3. The molecule has 2 atom stereocenters. The van der Waals surface area contributed by atoms with Crippen molar-refractivity contribution in [2.45, 2.75) is 31.4 Å². The molecule has 150 valence electrons. The van der Waals surface area contributed by atoms with Crippen molar-refractivity contribution in [2.24, 2.45) is 0 Å². The van der Waals surface area contributed by atoms with Crippen LogP contribution in [0.2, 0.25) is 0 Å². The Labute approximate surface area is 168 Å². The highest BCUT2D eigenvalue weighted by Gasteiger charge is 2.42. The lowest BCUT2D eigenvalue weighted by atomic mass is 10.1. The van der Waals surface area contributed by atoms with Gasteiger partial charge in [0.05, 0.1) is 18.6 Å². The minimum atomic E-state index is -2.85. The summed E-state index contributed by atoms with van der Waals surface area (Å²) in [7, 11) is 0. The molecule has 0 bridgehead atoms. The van der Waals surface area contributed by atoms with E-state index in [0.29, 0.717) is 11.3 Å². The first-order valence-electron chi connectivity index (χ1n) is 8.72. The molecule has 3 N–H and O–H groups in total. The smallest absolute Gasteiger partial charge is 0.262 e. The van der Waals surface area contributed by atoms with E-state index in [4.69, 9.17) is 0 Å². The lowest BCUT2D eigenvalue weighted by Gasteiger charge is -2.18. The molecule has 2 aromatic carbocycles. The van der Waals surface area contributed by atoms with Crippen molar-refractivity contribution < 1.29 is 18.4 Å². The summed E-state index contributed by atoms with van der Waals surface area (Å²) in [6, 6.07) is 14.6. The van der Waals surface area contributed by atoms with Crippen LogP contribution in [0, 0.1) is 0 Å². The van der Waals surface area contributed by atoms with E-state index in [1.54, 1.807) is 55.5 Å². The number of rotatable bonds is 5. The molecular weight excluding hydrogens is 388 g/mol. The minimum Gasteiger partial charge on any atom is -0.348 e. The van der Waals surface area contributed by atoms with Gasteiger partial charge in [-0.25, -0.2) is 8.78 Å². The largest absolute Gasteiger partial charge is 0.348 e. The maximum atomic E-state index is 13.2. The van der Waals surface area contributed by atoms with Crippen molar-refractivity contribution in [1.29, 1.82) is 0 Å².